The average molecular weight is 214 g/mol. The number of hydrogen-bond acceptors (Lipinski definition) is 5. The zero-order chi connectivity index (χ0) is 11.5. The predicted octanol–water partition coefficient (Wildman–Crippen LogP) is 0.554. The summed E-state index contributed by atoms with van der Waals surface area (Å²) in [5.41, 5.74) is 6.66. The first-order valence-corrected chi connectivity index (χ1v) is 4.74. The summed E-state index contributed by atoms with van der Waals surface area (Å²) in [4.78, 5) is 7.98. The van der Waals surface area contributed by atoms with Crippen LogP contribution in [0, 0.1) is 11.3 Å². The van der Waals surface area contributed by atoms with Gasteiger partial charge in [0.15, 0.2) is 5.82 Å². The van der Waals surface area contributed by atoms with Crippen LogP contribution in [0.5, 0.6) is 0 Å². The maximum absolute atomic E-state index is 8.59. The van der Waals surface area contributed by atoms with Gasteiger partial charge in [-0.3, -0.25) is 0 Å². The summed E-state index contributed by atoms with van der Waals surface area (Å²) in [6, 6.07) is 5.47. The van der Waals surface area contributed by atoms with Crippen LogP contribution < -0.4 is 5.73 Å². The zero-order valence-corrected chi connectivity index (χ0v) is 8.70. The van der Waals surface area contributed by atoms with E-state index in [2.05, 4.69) is 15.1 Å². The molecule has 0 aromatic carbocycles. The molecular formula is C10H10N6. The Kier molecular flexibility index (Phi) is 2.62. The maximum atomic E-state index is 8.59. The van der Waals surface area contributed by atoms with Crippen LogP contribution in [0.25, 0.3) is 5.82 Å². The lowest BCUT2D eigenvalue weighted by atomic mass is 10.2. The SMILES string of the molecule is C[C@H](N)c1ccc(-n2cnc(C#N)n2)nc1. The fraction of sp³-hybridized carbons (Fsp3) is 0.200. The van der Waals surface area contributed by atoms with E-state index in [1.165, 1.54) is 11.0 Å². The predicted molar refractivity (Wildman–Crippen MR) is 56.5 cm³/mol. The van der Waals surface area contributed by atoms with Gasteiger partial charge in [-0.05, 0) is 18.6 Å². The van der Waals surface area contributed by atoms with E-state index < -0.39 is 0 Å². The molecule has 80 valence electrons. The van der Waals surface area contributed by atoms with Crippen molar-refractivity contribution in [3.63, 3.8) is 0 Å². The second-order valence-corrected chi connectivity index (χ2v) is 3.36. The van der Waals surface area contributed by atoms with Crippen molar-refractivity contribution < 1.29 is 0 Å². The molecule has 0 spiro atoms. The van der Waals surface area contributed by atoms with E-state index in [-0.39, 0.29) is 11.9 Å². The first-order valence-electron chi connectivity index (χ1n) is 4.74. The van der Waals surface area contributed by atoms with Crippen molar-refractivity contribution in [3.8, 4) is 11.9 Å². The average Bonchev–Trinajstić information content (AvgIpc) is 2.77. The molecule has 0 bridgehead atoms. The van der Waals surface area contributed by atoms with Crippen LogP contribution in [0.4, 0.5) is 0 Å². The molecule has 6 heteroatoms. The van der Waals surface area contributed by atoms with Crippen molar-refractivity contribution in [1.82, 2.24) is 19.7 Å². The molecule has 0 saturated carbocycles. The van der Waals surface area contributed by atoms with Crippen molar-refractivity contribution in [2.75, 3.05) is 0 Å². The van der Waals surface area contributed by atoms with Gasteiger partial charge in [-0.15, -0.1) is 5.10 Å². The molecule has 16 heavy (non-hydrogen) atoms. The van der Waals surface area contributed by atoms with E-state index in [1.54, 1.807) is 12.3 Å². The summed E-state index contributed by atoms with van der Waals surface area (Å²) in [7, 11) is 0. The Balaban J connectivity index is 2.31. The summed E-state index contributed by atoms with van der Waals surface area (Å²) < 4.78 is 1.45. The van der Waals surface area contributed by atoms with Gasteiger partial charge in [-0.25, -0.2) is 14.6 Å². The quantitative estimate of drug-likeness (QED) is 0.788. The van der Waals surface area contributed by atoms with Crippen LogP contribution in [0.15, 0.2) is 24.7 Å². The molecule has 0 fully saturated rings. The molecule has 2 rings (SSSR count). The van der Waals surface area contributed by atoms with Gasteiger partial charge in [0.25, 0.3) is 5.82 Å². The van der Waals surface area contributed by atoms with Crippen LogP contribution in [-0.2, 0) is 0 Å². The zero-order valence-electron chi connectivity index (χ0n) is 8.70. The van der Waals surface area contributed by atoms with E-state index >= 15 is 0 Å². The van der Waals surface area contributed by atoms with Crippen LogP contribution in [0.3, 0.4) is 0 Å². The smallest absolute Gasteiger partial charge is 0.252 e. The first kappa shape index (κ1) is 10.3. The third-order valence-corrected chi connectivity index (χ3v) is 2.12. The summed E-state index contributed by atoms with van der Waals surface area (Å²) in [5.74, 6) is 0.733. The molecule has 0 radical (unpaired) electrons. The minimum Gasteiger partial charge on any atom is -0.324 e. The molecule has 2 aromatic heterocycles. The van der Waals surface area contributed by atoms with Gasteiger partial charge in [0.1, 0.15) is 12.4 Å². The summed E-state index contributed by atoms with van der Waals surface area (Å²) in [5, 5.41) is 12.5. The normalized spacial score (nSPS) is 12.1. The van der Waals surface area contributed by atoms with Gasteiger partial charge in [0.05, 0.1) is 0 Å². The molecule has 6 nitrogen and oxygen atoms in total. The highest BCUT2D eigenvalue weighted by molar-refractivity contribution is 5.26. The van der Waals surface area contributed by atoms with Crippen LogP contribution >= 0.6 is 0 Å². The topological polar surface area (TPSA) is 93.4 Å². The first-order chi connectivity index (χ1) is 7.70. The Morgan fingerprint density at radius 1 is 1.44 bits per heavy atom. The number of rotatable bonds is 2. The standard InChI is InChI=1S/C10H10N6/c1-7(12)8-2-3-10(13-5-8)16-6-14-9(4-11)15-16/h2-3,5-7H,12H2,1H3/t7-/m0/s1. The maximum Gasteiger partial charge on any atom is 0.252 e. The monoisotopic (exact) mass is 214 g/mol. The number of nitrogens with two attached hydrogens (primary N) is 1. The number of nitriles is 1. The second kappa shape index (κ2) is 4.08. The van der Waals surface area contributed by atoms with E-state index in [4.69, 9.17) is 11.0 Å². The van der Waals surface area contributed by atoms with Crippen LogP contribution in [0.2, 0.25) is 0 Å². The number of hydrogen-bond donors (Lipinski definition) is 1. The molecule has 1 atom stereocenters. The number of pyridine rings is 1. The van der Waals surface area contributed by atoms with Gasteiger partial charge >= 0.3 is 0 Å². The van der Waals surface area contributed by atoms with Crippen molar-refractivity contribution in [3.05, 3.63) is 36.0 Å². The van der Waals surface area contributed by atoms with Crippen LogP contribution in [0.1, 0.15) is 24.4 Å². The highest BCUT2D eigenvalue weighted by atomic mass is 15.4. The molecule has 2 aromatic rings. The fourth-order valence-electron chi connectivity index (χ4n) is 1.23. The van der Waals surface area contributed by atoms with Crippen molar-refractivity contribution in [2.45, 2.75) is 13.0 Å². The largest absolute Gasteiger partial charge is 0.324 e. The lowest BCUT2D eigenvalue weighted by Gasteiger charge is -2.05. The van der Waals surface area contributed by atoms with Crippen molar-refractivity contribution in [2.24, 2.45) is 5.73 Å². The van der Waals surface area contributed by atoms with Gasteiger partial charge in [0.2, 0.25) is 0 Å². The van der Waals surface area contributed by atoms with Crippen molar-refractivity contribution >= 4 is 0 Å². The Morgan fingerprint density at radius 3 is 2.75 bits per heavy atom. The molecule has 0 amide bonds. The van der Waals surface area contributed by atoms with Gasteiger partial charge < -0.3 is 5.73 Å². The minimum absolute atomic E-state index is 0.0491. The molecular weight excluding hydrogens is 204 g/mol. The molecule has 0 aliphatic carbocycles. The molecule has 0 aliphatic heterocycles. The molecule has 0 aliphatic rings. The van der Waals surface area contributed by atoms with E-state index in [1.807, 2.05) is 19.1 Å². The number of aromatic nitrogens is 4. The Labute approximate surface area is 92.4 Å². The highest BCUT2D eigenvalue weighted by Crippen LogP contribution is 2.09. The summed E-state index contributed by atoms with van der Waals surface area (Å²) >= 11 is 0. The Morgan fingerprint density at radius 2 is 2.25 bits per heavy atom. The van der Waals surface area contributed by atoms with Gasteiger partial charge in [-0.1, -0.05) is 6.07 Å². The molecule has 2 N–H and O–H groups in total. The third kappa shape index (κ3) is 1.89. The van der Waals surface area contributed by atoms with E-state index in [9.17, 15) is 0 Å². The summed E-state index contributed by atoms with van der Waals surface area (Å²) in [6.45, 7) is 1.89. The molecule has 0 unspecified atom stereocenters. The lowest BCUT2D eigenvalue weighted by molar-refractivity contribution is 0.795. The van der Waals surface area contributed by atoms with Gasteiger partial charge in [0, 0.05) is 12.2 Å². The molecule has 0 saturated heterocycles. The Bertz CT molecular complexity index is 519. The lowest BCUT2D eigenvalue weighted by Crippen LogP contribution is -2.06. The Hall–Kier alpha value is -2.26. The molecule has 2 heterocycles. The van der Waals surface area contributed by atoms with E-state index in [0.717, 1.165) is 5.56 Å². The fourth-order valence-corrected chi connectivity index (χ4v) is 1.23. The second-order valence-electron chi connectivity index (χ2n) is 3.36. The highest BCUT2D eigenvalue weighted by Gasteiger charge is 2.04. The third-order valence-electron chi connectivity index (χ3n) is 2.12. The summed E-state index contributed by atoms with van der Waals surface area (Å²) in [6.07, 6.45) is 3.14. The van der Waals surface area contributed by atoms with E-state index in [0.29, 0.717) is 5.82 Å². The number of nitrogens with zero attached hydrogens (tertiary/aromatic N) is 5. The van der Waals surface area contributed by atoms with Gasteiger partial charge in [-0.2, -0.15) is 5.26 Å². The van der Waals surface area contributed by atoms with Crippen molar-refractivity contribution in [1.29, 1.82) is 5.26 Å². The van der Waals surface area contributed by atoms with Crippen LogP contribution in [-0.4, -0.2) is 19.7 Å². The minimum atomic E-state index is -0.0491.